The Morgan fingerprint density at radius 3 is 2.85 bits per heavy atom. The maximum atomic E-state index is 10.5. The van der Waals surface area contributed by atoms with Crippen LogP contribution in [0.25, 0.3) is 10.2 Å². The fourth-order valence-electron chi connectivity index (χ4n) is 3.88. The minimum atomic E-state index is -0.719. The maximum absolute atomic E-state index is 10.5. The molecule has 1 fully saturated rings. The van der Waals surface area contributed by atoms with Gasteiger partial charge in [-0.05, 0) is 31.5 Å². The number of nitrogens with one attached hydrogen (secondary N) is 1. The molecule has 2 aliphatic heterocycles. The molecule has 2 aromatic heterocycles. The summed E-state index contributed by atoms with van der Waals surface area (Å²) in [6.45, 7) is 8.76. The number of aliphatic hydroxyl groups excluding tert-OH is 1. The summed E-state index contributed by atoms with van der Waals surface area (Å²) < 4.78 is 21.9. The van der Waals surface area contributed by atoms with Crippen molar-refractivity contribution in [2.24, 2.45) is 0 Å². The average molecular weight is 473 g/mol. The molecular formula is C23H28N4O5S. The van der Waals surface area contributed by atoms with Crippen LogP contribution in [0.1, 0.15) is 16.3 Å². The SMILES string of the molecule is Cc1sc2nc(CN3CCOCC3)nc(NCC(O)COc3ccc4c(c3)OCO4)c2c1C. The van der Waals surface area contributed by atoms with E-state index in [1.165, 1.54) is 10.4 Å². The summed E-state index contributed by atoms with van der Waals surface area (Å²) in [5, 5.41) is 14.9. The third-order valence-electron chi connectivity index (χ3n) is 5.84. The number of hydrogen-bond acceptors (Lipinski definition) is 10. The van der Waals surface area contributed by atoms with Crippen LogP contribution in [0.2, 0.25) is 0 Å². The van der Waals surface area contributed by atoms with Crippen molar-refractivity contribution in [3.05, 3.63) is 34.5 Å². The average Bonchev–Trinajstić information content (AvgIpc) is 3.40. The van der Waals surface area contributed by atoms with Gasteiger partial charge in [-0.25, -0.2) is 9.97 Å². The summed E-state index contributed by atoms with van der Waals surface area (Å²) in [5.74, 6) is 3.51. The van der Waals surface area contributed by atoms with Crippen molar-refractivity contribution in [1.82, 2.24) is 14.9 Å². The number of rotatable bonds is 8. The first-order valence-corrected chi connectivity index (χ1v) is 11.9. The largest absolute Gasteiger partial charge is 0.491 e. The van der Waals surface area contributed by atoms with Crippen LogP contribution < -0.4 is 19.5 Å². The smallest absolute Gasteiger partial charge is 0.231 e. The number of aryl methyl sites for hydroxylation is 2. The predicted molar refractivity (Wildman–Crippen MR) is 126 cm³/mol. The highest BCUT2D eigenvalue weighted by molar-refractivity contribution is 7.18. The molecule has 0 spiro atoms. The Kier molecular flexibility index (Phi) is 6.50. The van der Waals surface area contributed by atoms with Gasteiger partial charge in [0.2, 0.25) is 6.79 Å². The molecular weight excluding hydrogens is 444 g/mol. The first-order valence-electron chi connectivity index (χ1n) is 11.1. The number of fused-ring (bicyclic) bond motifs is 2. The molecule has 4 heterocycles. The number of aromatic nitrogens is 2. The van der Waals surface area contributed by atoms with E-state index >= 15 is 0 Å². The van der Waals surface area contributed by atoms with E-state index in [0.717, 1.165) is 48.2 Å². The van der Waals surface area contributed by atoms with Crippen molar-refractivity contribution in [2.75, 3.05) is 51.6 Å². The van der Waals surface area contributed by atoms with Crippen molar-refractivity contribution >= 4 is 27.4 Å². The Hall–Kier alpha value is -2.66. The molecule has 2 aliphatic rings. The first-order chi connectivity index (χ1) is 16.1. The zero-order valence-corrected chi connectivity index (χ0v) is 19.6. The minimum absolute atomic E-state index is 0.142. The molecule has 0 aliphatic carbocycles. The number of nitrogens with zero attached hydrogens (tertiary/aromatic N) is 3. The summed E-state index contributed by atoms with van der Waals surface area (Å²) in [6.07, 6.45) is -0.719. The Morgan fingerprint density at radius 1 is 1.18 bits per heavy atom. The number of hydrogen-bond donors (Lipinski definition) is 2. The Bertz CT molecular complexity index is 1130. The van der Waals surface area contributed by atoms with Gasteiger partial charge in [-0.1, -0.05) is 0 Å². The highest BCUT2D eigenvalue weighted by Crippen LogP contribution is 2.35. The van der Waals surface area contributed by atoms with Crippen LogP contribution in [0.3, 0.4) is 0 Å². The van der Waals surface area contributed by atoms with Crippen LogP contribution in [-0.4, -0.2) is 72.3 Å². The molecule has 1 unspecified atom stereocenters. The van der Waals surface area contributed by atoms with Gasteiger partial charge in [0.25, 0.3) is 0 Å². The zero-order chi connectivity index (χ0) is 22.8. The molecule has 0 bridgehead atoms. The van der Waals surface area contributed by atoms with Crippen LogP contribution in [0.5, 0.6) is 17.2 Å². The molecule has 1 saturated heterocycles. The second-order valence-corrected chi connectivity index (χ2v) is 9.40. The Balaban J connectivity index is 1.25. The third kappa shape index (κ3) is 4.98. The third-order valence-corrected chi connectivity index (χ3v) is 6.94. The maximum Gasteiger partial charge on any atom is 0.231 e. The molecule has 10 heteroatoms. The lowest BCUT2D eigenvalue weighted by molar-refractivity contribution is 0.0331. The summed E-state index contributed by atoms with van der Waals surface area (Å²) in [6, 6.07) is 5.38. The van der Waals surface area contributed by atoms with E-state index in [2.05, 4.69) is 24.1 Å². The number of benzene rings is 1. The second-order valence-electron chi connectivity index (χ2n) is 8.20. The molecule has 5 rings (SSSR count). The molecule has 0 amide bonds. The van der Waals surface area contributed by atoms with Gasteiger partial charge in [-0.2, -0.15) is 0 Å². The highest BCUT2D eigenvalue weighted by atomic mass is 32.1. The van der Waals surface area contributed by atoms with Crippen molar-refractivity contribution in [3.63, 3.8) is 0 Å². The van der Waals surface area contributed by atoms with Crippen molar-refractivity contribution in [2.45, 2.75) is 26.5 Å². The van der Waals surface area contributed by atoms with Crippen LogP contribution in [-0.2, 0) is 11.3 Å². The first kappa shape index (κ1) is 22.1. The normalized spacial score (nSPS) is 16.8. The quantitative estimate of drug-likeness (QED) is 0.513. The van der Waals surface area contributed by atoms with E-state index in [1.807, 2.05) is 0 Å². The minimum Gasteiger partial charge on any atom is -0.491 e. The molecule has 9 nitrogen and oxygen atoms in total. The number of aliphatic hydroxyl groups is 1. The lowest BCUT2D eigenvalue weighted by atomic mass is 10.2. The van der Waals surface area contributed by atoms with E-state index in [4.69, 9.17) is 28.9 Å². The Morgan fingerprint density at radius 2 is 2.00 bits per heavy atom. The highest BCUT2D eigenvalue weighted by Gasteiger charge is 2.19. The lowest BCUT2D eigenvalue weighted by Gasteiger charge is -2.26. The van der Waals surface area contributed by atoms with E-state index in [1.54, 1.807) is 29.5 Å². The van der Waals surface area contributed by atoms with Crippen LogP contribution in [0.4, 0.5) is 5.82 Å². The van der Waals surface area contributed by atoms with Gasteiger partial charge in [-0.15, -0.1) is 11.3 Å². The van der Waals surface area contributed by atoms with Gasteiger partial charge < -0.3 is 29.4 Å². The van der Waals surface area contributed by atoms with Gasteiger partial charge >= 0.3 is 0 Å². The number of thiophene rings is 1. The van der Waals surface area contributed by atoms with Crippen molar-refractivity contribution in [3.8, 4) is 17.2 Å². The summed E-state index contributed by atoms with van der Waals surface area (Å²) >= 11 is 1.68. The lowest BCUT2D eigenvalue weighted by Crippen LogP contribution is -2.36. The summed E-state index contributed by atoms with van der Waals surface area (Å²) in [7, 11) is 0. The molecule has 1 atom stereocenters. The fourth-order valence-corrected chi connectivity index (χ4v) is 4.93. The molecule has 1 aromatic carbocycles. The second kappa shape index (κ2) is 9.68. The van der Waals surface area contributed by atoms with Crippen LogP contribution in [0, 0.1) is 13.8 Å². The van der Waals surface area contributed by atoms with Gasteiger partial charge in [0.05, 0.1) is 25.1 Å². The molecule has 0 radical (unpaired) electrons. The van der Waals surface area contributed by atoms with Crippen LogP contribution in [0.15, 0.2) is 18.2 Å². The topological polar surface area (TPSA) is 98.2 Å². The van der Waals surface area contributed by atoms with Gasteiger partial charge in [-0.3, -0.25) is 4.90 Å². The molecule has 176 valence electrons. The molecule has 3 aromatic rings. The van der Waals surface area contributed by atoms with Gasteiger partial charge in [0.1, 0.15) is 34.9 Å². The van der Waals surface area contributed by atoms with Crippen molar-refractivity contribution < 1.29 is 24.1 Å². The van der Waals surface area contributed by atoms with E-state index < -0.39 is 6.10 Å². The summed E-state index contributed by atoms with van der Waals surface area (Å²) in [5.41, 5.74) is 1.17. The number of ether oxygens (including phenoxy) is 4. The molecule has 33 heavy (non-hydrogen) atoms. The van der Waals surface area contributed by atoms with Gasteiger partial charge in [0.15, 0.2) is 11.5 Å². The van der Waals surface area contributed by atoms with E-state index in [-0.39, 0.29) is 13.4 Å². The number of anilines is 1. The van der Waals surface area contributed by atoms with E-state index in [9.17, 15) is 5.11 Å². The molecule has 2 N–H and O–H groups in total. The van der Waals surface area contributed by atoms with Gasteiger partial charge in [0, 0.05) is 30.6 Å². The Labute approximate surface area is 196 Å². The van der Waals surface area contributed by atoms with E-state index in [0.29, 0.717) is 30.3 Å². The van der Waals surface area contributed by atoms with Crippen molar-refractivity contribution in [1.29, 1.82) is 0 Å². The van der Waals surface area contributed by atoms with Crippen LogP contribution >= 0.6 is 11.3 Å². The zero-order valence-electron chi connectivity index (χ0n) is 18.8. The molecule has 0 saturated carbocycles. The summed E-state index contributed by atoms with van der Waals surface area (Å²) in [4.78, 5) is 14.1. The predicted octanol–water partition coefficient (Wildman–Crippen LogP) is 2.72. The standard InChI is InChI=1S/C23H28N4O5S/c1-14-15(2)33-23-21(14)22(25-20(26-23)11-27-5-7-29-8-6-27)24-10-16(28)12-30-17-3-4-18-19(9-17)32-13-31-18/h3-4,9,16,28H,5-8,10-13H2,1-2H3,(H,24,25,26). The number of morpholine rings is 1. The fraction of sp³-hybridized carbons (Fsp3) is 0.478. The monoisotopic (exact) mass is 472 g/mol.